The van der Waals surface area contributed by atoms with Crippen LogP contribution in [0.3, 0.4) is 0 Å². The van der Waals surface area contributed by atoms with Crippen molar-refractivity contribution in [3.8, 4) is 0 Å². The Morgan fingerprint density at radius 3 is 2.75 bits per heavy atom. The summed E-state index contributed by atoms with van der Waals surface area (Å²) in [6.07, 6.45) is 5.45. The van der Waals surface area contributed by atoms with Gasteiger partial charge in [-0.25, -0.2) is 0 Å². The number of hydrogen-bond acceptors (Lipinski definition) is 2. The molecule has 3 nitrogen and oxygen atoms in total. The molecule has 0 aromatic heterocycles. The normalized spacial score (nSPS) is 32.3. The van der Waals surface area contributed by atoms with E-state index >= 15 is 0 Å². The number of carbonyl (C=O) groups excluding carboxylic acids is 2. The van der Waals surface area contributed by atoms with Crippen molar-refractivity contribution in [3.63, 3.8) is 0 Å². The summed E-state index contributed by atoms with van der Waals surface area (Å²) in [7, 11) is 0. The second-order valence-corrected chi connectivity index (χ2v) is 2.93. The molecule has 0 aromatic rings. The number of amides is 2. The minimum atomic E-state index is -0.254. The van der Waals surface area contributed by atoms with Crippen molar-refractivity contribution in [2.45, 2.75) is 12.8 Å². The zero-order chi connectivity index (χ0) is 7.84. The fourth-order valence-corrected chi connectivity index (χ4v) is 1.63. The largest absolute Gasteiger partial charge is 1.00 e. The van der Waals surface area contributed by atoms with Crippen LogP contribution in [0.4, 0.5) is 0 Å². The summed E-state index contributed by atoms with van der Waals surface area (Å²) in [5.41, 5.74) is 0. The number of allylic oxidation sites excluding steroid dienone is 1. The maximum absolute atomic E-state index is 11.0. The van der Waals surface area contributed by atoms with Gasteiger partial charge >= 0.3 is 51.4 Å². The van der Waals surface area contributed by atoms with Crippen molar-refractivity contribution in [2.24, 2.45) is 11.8 Å². The molecule has 1 fully saturated rings. The molecule has 58 valence electrons. The molecule has 1 saturated heterocycles. The van der Waals surface area contributed by atoms with Gasteiger partial charge in [-0.2, -0.15) is 0 Å². The monoisotopic (exact) mass is 189 g/mol. The van der Waals surface area contributed by atoms with Gasteiger partial charge in [0.15, 0.2) is 0 Å². The van der Waals surface area contributed by atoms with Gasteiger partial charge in [-0.3, -0.25) is 0 Å². The van der Waals surface area contributed by atoms with E-state index in [1.165, 1.54) is 0 Å². The van der Waals surface area contributed by atoms with Gasteiger partial charge in [0.2, 0.25) is 0 Å². The van der Waals surface area contributed by atoms with E-state index in [-0.39, 0.29) is 75.0 Å². The third kappa shape index (κ3) is 1.72. The number of rotatable bonds is 0. The average molecular weight is 189 g/mol. The Balaban J connectivity index is 0.000000720. The van der Waals surface area contributed by atoms with E-state index in [0.29, 0.717) is 0 Å². The predicted molar refractivity (Wildman–Crippen MR) is 38.7 cm³/mol. The van der Waals surface area contributed by atoms with Gasteiger partial charge in [-0.1, -0.05) is 12.2 Å². The molecule has 2 rings (SSSR count). The first-order valence-corrected chi connectivity index (χ1v) is 3.75. The van der Waals surface area contributed by atoms with Gasteiger partial charge < -0.3 is 14.9 Å². The first-order chi connectivity index (χ1) is 5.29. The topological polar surface area (TPSA) is 48.2 Å². The summed E-state index contributed by atoms with van der Waals surface area (Å²) in [5, 5.41) is 3.40. The smallest absolute Gasteiger partial charge is 0.595 e. The van der Waals surface area contributed by atoms with Crippen molar-refractivity contribution in [1.29, 1.82) is 0 Å². The fourth-order valence-electron chi connectivity index (χ4n) is 1.63. The fraction of sp³-hybridized carbons (Fsp3) is 0.500. The molecule has 2 amide bonds. The Morgan fingerprint density at radius 1 is 1.33 bits per heavy atom. The molecule has 0 saturated carbocycles. The zero-order valence-electron chi connectivity index (χ0n) is 6.99. The van der Waals surface area contributed by atoms with Crippen LogP contribution in [0.15, 0.2) is 12.2 Å². The molecule has 1 aliphatic carbocycles. The van der Waals surface area contributed by atoms with E-state index in [1.54, 1.807) is 0 Å². The number of imide groups is 1. The summed E-state index contributed by atoms with van der Waals surface area (Å²) in [6, 6.07) is 0. The van der Waals surface area contributed by atoms with Gasteiger partial charge in [0, 0.05) is 11.8 Å². The third-order valence-electron chi connectivity index (χ3n) is 2.24. The van der Waals surface area contributed by atoms with Gasteiger partial charge in [-0.05, 0) is 12.8 Å². The van der Waals surface area contributed by atoms with E-state index in [1.807, 2.05) is 12.2 Å². The Kier molecular flexibility index (Phi) is 3.67. The molecular formula is C8H8KNO2. The van der Waals surface area contributed by atoms with Crippen molar-refractivity contribution in [2.75, 3.05) is 0 Å². The minimum absolute atomic E-state index is 0. The third-order valence-corrected chi connectivity index (χ3v) is 2.24. The molecule has 2 unspecified atom stereocenters. The maximum atomic E-state index is 11.0. The van der Waals surface area contributed by atoms with Crippen LogP contribution >= 0.6 is 0 Å². The number of hydrogen-bond donors (Lipinski definition) is 0. The second-order valence-electron chi connectivity index (χ2n) is 2.93. The Hall–Kier alpha value is 0.516. The molecule has 2 aliphatic rings. The van der Waals surface area contributed by atoms with Gasteiger partial charge in [0.1, 0.15) is 0 Å². The van der Waals surface area contributed by atoms with Crippen LogP contribution < -0.4 is 51.4 Å². The Morgan fingerprint density at radius 2 is 2.08 bits per heavy atom. The SMILES string of the molecule is O=C1[N-]C(=O)C2CCC=CC12.[K+]. The van der Waals surface area contributed by atoms with Gasteiger partial charge in [0.05, 0.1) is 11.8 Å². The first-order valence-electron chi connectivity index (χ1n) is 3.75. The summed E-state index contributed by atoms with van der Waals surface area (Å²) >= 11 is 0. The van der Waals surface area contributed by atoms with E-state index < -0.39 is 0 Å². The van der Waals surface area contributed by atoms with Crippen LogP contribution in [0.1, 0.15) is 12.8 Å². The van der Waals surface area contributed by atoms with Crippen molar-refractivity contribution in [3.05, 3.63) is 17.5 Å². The van der Waals surface area contributed by atoms with E-state index in [9.17, 15) is 9.59 Å². The molecule has 4 heteroatoms. The van der Waals surface area contributed by atoms with Crippen LogP contribution in [-0.2, 0) is 9.59 Å². The van der Waals surface area contributed by atoms with Crippen LogP contribution in [0.25, 0.3) is 5.32 Å². The minimum Gasteiger partial charge on any atom is -0.595 e. The van der Waals surface area contributed by atoms with Crippen molar-refractivity contribution in [1.82, 2.24) is 0 Å². The molecule has 12 heavy (non-hydrogen) atoms. The molecule has 0 aromatic carbocycles. The molecule has 1 aliphatic heterocycles. The van der Waals surface area contributed by atoms with E-state index in [2.05, 4.69) is 5.32 Å². The maximum Gasteiger partial charge on any atom is 1.00 e. The number of nitrogens with zero attached hydrogens (tertiary/aromatic N) is 1. The quantitative estimate of drug-likeness (QED) is 0.252. The molecule has 0 bridgehead atoms. The molecule has 0 N–H and O–H groups in total. The summed E-state index contributed by atoms with van der Waals surface area (Å²) < 4.78 is 0. The van der Waals surface area contributed by atoms with Crippen LogP contribution in [0.2, 0.25) is 0 Å². The Bertz CT molecular complexity index is 249. The van der Waals surface area contributed by atoms with Gasteiger partial charge in [0.25, 0.3) is 0 Å². The molecule has 1 heterocycles. The van der Waals surface area contributed by atoms with Gasteiger partial charge in [-0.15, -0.1) is 0 Å². The van der Waals surface area contributed by atoms with Crippen LogP contribution in [0.5, 0.6) is 0 Å². The van der Waals surface area contributed by atoms with E-state index in [4.69, 9.17) is 0 Å². The summed E-state index contributed by atoms with van der Waals surface area (Å²) in [4.78, 5) is 22.0. The predicted octanol–water partition coefficient (Wildman–Crippen LogP) is -1.99. The number of fused-ring (bicyclic) bond motifs is 1. The molecule has 0 spiro atoms. The molecule has 0 radical (unpaired) electrons. The van der Waals surface area contributed by atoms with E-state index in [0.717, 1.165) is 12.8 Å². The van der Waals surface area contributed by atoms with Crippen LogP contribution in [0, 0.1) is 11.8 Å². The second kappa shape index (κ2) is 4.15. The standard InChI is InChI=1S/C8H9NO2.K/c10-7-5-3-1-2-4-6(5)8(11)9-7;/h1,3,5-6H,2,4H2,(H,9,10,11);/q;+1/p-1. The zero-order valence-corrected chi connectivity index (χ0v) is 10.1. The summed E-state index contributed by atoms with van der Waals surface area (Å²) in [6.45, 7) is 0. The molecule has 2 atom stereocenters. The average Bonchev–Trinajstić information content (AvgIpc) is 2.30. The summed E-state index contributed by atoms with van der Waals surface area (Å²) in [5.74, 6) is -0.830. The first kappa shape index (κ1) is 10.6. The van der Waals surface area contributed by atoms with Crippen molar-refractivity contribution < 1.29 is 61.0 Å². The van der Waals surface area contributed by atoms with Crippen molar-refractivity contribution >= 4 is 11.8 Å². The molecular weight excluding hydrogens is 181 g/mol. The number of carbonyl (C=O) groups is 2. The Labute approximate surface area is 113 Å². The van der Waals surface area contributed by atoms with Crippen LogP contribution in [-0.4, -0.2) is 11.8 Å².